The number of thiophene rings is 1. The first-order valence-corrected chi connectivity index (χ1v) is 33.8. The van der Waals surface area contributed by atoms with Crippen molar-refractivity contribution in [2.45, 2.75) is 168 Å². The average Bonchev–Trinajstić information content (AvgIpc) is 1.30. The first kappa shape index (κ1) is 69.4. The molecule has 2 bridgehead atoms. The lowest BCUT2D eigenvalue weighted by Crippen LogP contribution is -2.58. The molecule has 5 N–H and O–H groups in total. The lowest BCUT2D eigenvalue weighted by atomic mass is 9.85. The minimum Gasteiger partial charge on any atom is -0.462 e. The highest BCUT2D eigenvalue weighted by atomic mass is 35.5. The molecule has 4 fully saturated rings. The molecule has 0 aliphatic carbocycles. The molecule has 0 spiro atoms. The first-order chi connectivity index (χ1) is 44.5. The van der Waals surface area contributed by atoms with Crippen molar-refractivity contribution in [2.75, 3.05) is 69.4 Å². The monoisotopic (exact) mass is 1350 g/mol. The number of nitrogens with one attached hydrogen (secondary N) is 3. The fraction of sp³-hybridized carbons (Fsp3) is 0.537. The highest BCUT2D eigenvalue weighted by Crippen LogP contribution is 2.51. The van der Waals surface area contributed by atoms with Gasteiger partial charge in [0.15, 0.2) is 5.82 Å². The van der Waals surface area contributed by atoms with E-state index in [2.05, 4.69) is 30.7 Å². The van der Waals surface area contributed by atoms with Crippen LogP contribution in [-0.2, 0) is 28.6 Å². The van der Waals surface area contributed by atoms with E-state index in [1.165, 1.54) is 22.3 Å². The summed E-state index contributed by atoms with van der Waals surface area (Å²) in [6.07, 6.45) is 1.35. The van der Waals surface area contributed by atoms with Crippen molar-refractivity contribution in [1.29, 1.82) is 0 Å². The normalized spacial score (nSPS) is 19.9. The van der Waals surface area contributed by atoms with Gasteiger partial charge < -0.3 is 49.6 Å². The van der Waals surface area contributed by atoms with Gasteiger partial charge in [0.1, 0.15) is 52.0 Å². The molecule has 0 saturated carbocycles. The van der Waals surface area contributed by atoms with Crippen molar-refractivity contribution in [3.8, 4) is 27.6 Å². The third-order valence-corrected chi connectivity index (χ3v) is 19.6. The maximum atomic E-state index is 17.9. The average molecular weight is 1360 g/mol. The highest BCUT2D eigenvalue weighted by molar-refractivity contribution is 7.24. The predicted octanol–water partition coefficient (Wildman–Crippen LogP) is 11.3. The van der Waals surface area contributed by atoms with Crippen LogP contribution in [0.3, 0.4) is 0 Å². The molecule has 94 heavy (non-hydrogen) atoms. The minimum atomic E-state index is -1.05. The summed E-state index contributed by atoms with van der Waals surface area (Å²) in [5.41, 5.74) is 1.57. The van der Waals surface area contributed by atoms with Gasteiger partial charge in [-0.25, -0.2) is 28.2 Å². The number of β-amino-alcohol motifs (C(OH)–C–C–N with tert-alkyl or cyclic N) is 1. The molecule has 2 unspecified atom stereocenters. The lowest BCUT2D eigenvalue weighted by Gasteiger charge is -2.42. The number of benzene rings is 3. The van der Waals surface area contributed by atoms with Crippen LogP contribution in [0.1, 0.15) is 125 Å². The van der Waals surface area contributed by atoms with Gasteiger partial charge in [-0.1, -0.05) is 62.7 Å². The number of aliphatic hydroxyl groups is 2. The van der Waals surface area contributed by atoms with Gasteiger partial charge in [-0.3, -0.25) is 29.5 Å². The SMILES string of the molecule is [C-]#[N+]c1c(NC(=O)OC(C)(C)C)sc2c(F)ccc(-c3c(Cl)cc4c(N5CC6CCC(C5)N6C(=O)OC(C)(C)C)nc(OC[C@@H]5CCCN5CCCOCCC(=O)N[C@H](C(=O)N5C[C@H](O)C[C@H]5C(=O)N[C@@H](CO)c5ccc(-c6scnc6C)cc5)C(C)(C)C)nc4c3F)c12. The number of aryl methyl sites for hydroxylation is 1. The van der Waals surface area contributed by atoms with Crippen LogP contribution < -0.4 is 25.6 Å². The van der Waals surface area contributed by atoms with Crippen molar-refractivity contribution in [3.05, 3.63) is 87.3 Å². The number of carbonyl (C=O) groups excluding carboxylic acids is 5. The third-order valence-electron chi connectivity index (χ3n) is 17.2. The number of ether oxygens (including phenoxy) is 4. The summed E-state index contributed by atoms with van der Waals surface area (Å²) < 4.78 is 57.3. The number of amides is 5. The van der Waals surface area contributed by atoms with Gasteiger partial charge in [0.25, 0.3) is 0 Å². The summed E-state index contributed by atoms with van der Waals surface area (Å²) >= 11 is 9.44. The number of rotatable bonds is 20. The number of anilines is 2. The van der Waals surface area contributed by atoms with Gasteiger partial charge in [-0.15, -0.1) is 22.7 Å². The van der Waals surface area contributed by atoms with Gasteiger partial charge >= 0.3 is 18.2 Å². The molecular formula is C67H82ClF2N11O11S2. The second-order valence-corrected chi connectivity index (χ2v) is 29.8. The van der Waals surface area contributed by atoms with E-state index in [0.717, 1.165) is 52.9 Å². The molecule has 7 heterocycles. The van der Waals surface area contributed by atoms with Gasteiger partial charge in [-0.05, 0) is 121 Å². The second-order valence-electron chi connectivity index (χ2n) is 27.5. The topological polar surface area (TPSA) is 255 Å². The molecule has 27 heteroatoms. The molecule has 7 atom stereocenters. The Hall–Kier alpha value is -7.38. The summed E-state index contributed by atoms with van der Waals surface area (Å²) in [6, 6.07) is 7.93. The van der Waals surface area contributed by atoms with E-state index >= 15 is 8.78 Å². The molecule has 4 aliphatic rings. The van der Waals surface area contributed by atoms with Crippen LogP contribution in [0.4, 0.5) is 34.9 Å². The second kappa shape index (κ2) is 28.5. The Balaban J connectivity index is 0.789. The summed E-state index contributed by atoms with van der Waals surface area (Å²) in [6.45, 7) is 28.1. The van der Waals surface area contributed by atoms with Gasteiger partial charge in [0.2, 0.25) is 23.4 Å². The fourth-order valence-electron chi connectivity index (χ4n) is 12.8. The third kappa shape index (κ3) is 15.6. The Bertz CT molecular complexity index is 3850. The zero-order valence-electron chi connectivity index (χ0n) is 54.6. The Labute approximate surface area is 558 Å². The number of piperazine rings is 1. The van der Waals surface area contributed by atoms with E-state index in [9.17, 15) is 34.2 Å². The van der Waals surface area contributed by atoms with E-state index in [1.807, 2.05) is 77.6 Å². The molecule has 0 radical (unpaired) electrons. The van der Waals surface area contributed by atoms with Crippen LogP contribution in [0.5, 0.6) is 6.01 Å². The fourth-order valence-corrected chi connectivity index (χ4v) is 15.0. The Morgan fingerprint density at radius 1 is 0.915 bits per heavy atom. The number of aromatic nitrogens is 3. The highest BCUT2D eigenvalue weighted by Gasteiger charge is 2.47. The number of halogens is 3. The van der Waals surface area contributed by atoms with E-state index < -0.39 is 89.0 Å². The van der Waals surface area contributed by atoms with Crippen LogP contribution in [0.25, 0.3) is 47.4 Å². The van der Waals surface area contributed by atoms with Gasteiger partial charge in [-0.2, -0.15) is 9.97 Å². The summed E-state index contributed by atoms with van der Waals surface area (Å²) in [4.78, 5) is 94.3. The van der Waals surface area contributed by atoms with Crippen LogP contribution >= 0.6 is 34.3 Å². The van der Waals surface area contributed by atoms with Crippen LogP contribution in [0, 0.1) is 30.5 Å². The van der Waals surface area contributed by atoms with E-state index in [0.29, 0.717) is 56.9 Å². The molecule has 4 aliphatic heterocycles. The lowest BCUT2D eigenvalue weighted by molar-refractivity contribution is -0.144. The molecule has 3 aromatic carbocycles. The van der Waals surface area contributed by atoms with Crippen molar-refractivity contribution in [3.63, 3.8) is 0 Å². The van der Waals surface area contributed by atoms with Crippen molar-refractivity contribution < 1.29 is 61.9 Å². The quantitative estimate of drug-likeness (QED) is 0.0352. The van der Waals surface area contributed by atoms with Crippen molar-refractivity contribution in [2.24, 2.45) is 5.41 Å². The summed E-state index contributed by atoms with van der Waals surface area (Å²) in [5, 5.41) is 29.7. The molecule has 3 aromatic heterocycles. The molecule has 5 amide bonds. The molecule has 22 nitrogen and oxygen atoms in total. The van der Waals surface area contributed by atoms with Gasteiger partial charge in [0, 0.05) is 68.0 Å². The maximum Gasteiger partial charge on any atom is 0.411 e. The van der Waals surface area contributed by atoms with E-state index in [4.69, 9.17) is 47.1 Å². The first-order valence-electron chi connectivity index (χ1n) is 31.7. The standard InChI is InChI=1S/C67H82ClF2N11O11S2/c1-36-55(93-35-72-36)38-17-15-37(16-18-38)47(33-82)73-59(85)48-28-42(83)32-80(48)61(86)57(65(2,3)4)74-49(84)23-27-89-26-13-25-78-24-12-14-41(78)34-90-62-75-53-44(58(76-62)79-30-39-19-20-40(31-79)81(39)64(88)92-67(8,9)10)29-45(68)50(52(53)70)43-21-22-46(69)56-51(43)54(71-11)60(94-56)77-63(87)91-66(5,6)7/h15-18,21-22,29,35,39-42,47-48,57,82-83H,12-14,19-20,23-28,30-34H2,1-10H3,(H,73,85)(H,74,84)(H,77,87)/t39?,40?,41-,42+,47-,48-,57+/m0/s1. The van der Waals surface area contributed by atoms with Crippen molar-refractivity contribution >= 4 is 102 Å². The molecule has 6 aromatic rings. The predicted molar refractivity (Wildman–Crippen MR) is 356 cm³/mol. The van der Waals surface area contributed by atoms with Crippen LogP contribution in [0.15, 0.2) is 48.0 Å². The van der Waals surface area contributed by atoms with Gasteiger partial charge in [0.05, 0.1) is 69.8 Å². The van der Waals surface area contributed by atoms with E-state index in [1.54, 1.807) is 37.2 Å². The molecule has 10 rings (SSSR count). The Morgan fingerprint density at radius 2 is 1.63 bits per heavy atom. The number of nitrogens with zero attached hydrogens (tertiary/aromatic N) is 8. The molecular weight excluding hydrogens is 1270 g/mol. The largest absolute Gasteiger partial charge is 0.462 e. The van der Waals surface area contributed by atoms with Crippen molar-refractivity contribution in [1.82, 2.24) is 40.3 Å². The number of likely N-dealkylation sites (tertiary alicyclic amines) is 2. The summed E-state index contributed by atoms with van der Waals surface area (Å²) in [7, 11) is 0. The zero-order valence-corrected chi connectivity index (χ0v) is 57.0. The number of fused-ring (bicyclic) bond motifs is 4. The number of aliphatic hydroxyl groups excluding tert-OH is 2. The number of hydrogen-bond donors (Lipinski definition) is 5. The summed E-state index contributed by atoms with van der Waals surface area (Å²) in [5.74, 6) is -2.72. The minimum absolute atomic E-state index is 0.0100. The number of hydrogen-bond acceptors (Lipinski definition) is 18. The Kier molecular flexibility index (Phi) is 21.1. The smallest absolute Gasteiger partial charge is 0.411 e. The van der Waals surface area contributed by atoms with E-state index in [-0.39, 0.29) is 105 Å². The molecule has 504 valence electrons. The van der Waals surface area contributed by atoms with Crippen LogP contribution in [-0.4, -0.2) is 176 Å². The van der Waals surface area contributed by atoms with Crippen LogP contribution in [0.2, 0.25) is 5.02 Å². The number of carbonyl (C=O) groups is 5. The molecule has 4 saturated heterocycles. The Morgan fingerprint density at radius 3 is 2.28 bits per heavy atom. The maximum absolute atomic E-state index is 17.9. The number of thiazole rings is 1. The zero-order chi connectivity index (χ0) is 67.7.